The molecule has 0 aliphatic rings. The molecule has 0 aromatic carbocycles. The van der Waals surface area contributed by atoms with Crippen LogP contribution >= 0.6 is 0 Å². The van der Waals surface area contributed by atoms with Gasteiger partial charge >= 0.3 is 63.9 Å². The molecule has 0 bridgehead atoms. The second kappa shape index (κ2) is 30.3. The quantitative estimate of drug-likeness (QED) is 0.0341. The Balaban J connectivity index is 4.84. The largest absolute Gasteiger partial charge is 0.500 e. The van der Waals surface area contributed by atoms with Crippen LogP contribution < -0.4 is 21.3 Å². The summed E-state index contributed by atoms with van der Waals surface area (Å²) < 4.78 is 69.5. The summed E-state index contributed by atoms with van der Waals surface area (Å²) in [5.41, 5.74) is 0. The molecule has 0 saturated carbocycles. The van der Waals surface area contributed by atoms with Crippen LogP contribution in [-0.4, -0.2) is 146 Å². The van der Waals surface area contributed by atoms with Gasteiger partial charge in [0.15, 0.2) is 16.6 Å². The fourth-order valence-corrected chi connectivity index (χ4v) is 43.0. The fourth-order valence-electron chi connectivity index (χ4n) is 7.87. The van der Waals surface area contributed by atoms with Gasteiger partial charge in [-0.15, -0.1) is 0 Å². The van der Waals surface area contributed by atoms with Gasteiger partial charge in [0.25, 0.3) is 0 Å². The number of hydrogen-bond acceptors (Lipinski definition) is 13. The molecular weight excluding hydrogens is 945 g/mol. The maximum absolute atomic E-state index is 12.5. The van der Waals surface area contributed by atoms with Gasteiger partial charge in [-0.3, -0.25) is 0 Å². The third-order valence-electron chi connectivity index (χ3n) is 9.08. The van der Waals surface area contributed by atoms with Gasteiger partial charge in [0.2, 0.25) is 0 Å². The van der Waals surface area contributed by atoms with E-state index in [0.29, 0.717) is 90.8 Å². The van der Waals surface area contributed by atoms with E-state index in [1.165, 1.54) is 0 Å². The van der Waals surface area contributed by atoms with Crippen molar-refractivity contribution in [3.05, 3.63) is 0 Å². The van der Waals surface area contributed by atoms with Crippen molar-refractivity contribution in [2.24, 2.45) is 0 Å². The average Bonchev–Trinajstić information content (AvgIpc) is 3.10. The van der Waals surface area contributed by atoms with Gasteiger partial charge in [0.1, 0.15) is 0 Å². The first kappa shape index (κ1) is 62.8. The maximum atomic E-state index is 12.5. The molecule has 0 unspecified atom stereocenters. The Labute approximate surface area is 392 Å². The molecule has 0 fully saturated rings. The summed E-state index contributed by atoms with van der Waals surface area (Å²) in [6, 6.07) is 2.70. The molecule has 0 heterocycles. The van der Waals surface area contributed by atoms with E-state index < -0.39 is 68.5 Å². The molecule has 17 nitrogen and oxygen atoms in total. The highest BCUT2D eigenvalue weighted by atomic mass is 28.5. The SMILES string of the molecule is CCO[Si](CCCNC(=O)NCCC[Si](C)(C)O[Si](C)(C)O[Si](C)(C)O[Si](C)(C)O[Si](C)(C)O[Si](C)(C)CCCNC(=O)NCCC[Si](OCC)(OCC)OCC)(OCC)OCC. The van der Waals surface area contributed by atoms with E-state index in [-0.39, 0.29) is 12.1 Å². The highest BCUT2D eigenvalue weighted by Gasteiger charge is 2.47. The van der Waals surface area contributed by atoms with Crippen LogP contribution in [0.5, 0.6) is 0 Å². The molecule has 0 rings (SSSR count). The number of rotatable bonds is 38. The van der Waals surface area contributed by atoms with Crippen LogP contribution in [0, 0.1) is 0 Å². The minimum absolute atomic E-state index is 0.184. The molecule has 0 aliphatic carbocycles. The van der Waals surface area contributed by atoms with Crippen molar-refractivity contribution in [3.8, 4) is 0 Å². The van der Waals surface area contributed by atoms with E-state index >= 15 is 0 Å². The topological polar surface area (TPSA) is 184 Å². The predicted molar refractivity (Wildman–Crippen MR) is 272 cm³/mol. The maximum Gasteiger partial charge on any atom is 0.500 e. The van der Waals surface area contributed by atoms with Crippen LogP contribution in [0.25, 0.3) is 0 Å². The Morgan fingerprint density at radius 2 is 0.540 bits per heavy atom. The van der Waals surface area contributed by atoms with Gasteiger partial charge in [0, 0.05) is 77.9 Å². The number of hydrogen-bond donors (Lipinski definition) is 4. The van der Waals surface area contributed by atoms with Gasteiger partial charge in [0.05, 0.1) is 0 Å². The fraction of sp³-hybridized carbons (Fsp3) is 0.947. The van der Waals surface area contributed by atoms with Crippen LogP contribution in [-0.2, 0) is 47.1 Å². The van der Waals surface area contributed by atoms with Crippen molar-refractivity contribution in [3.63, 3.8) is 0 Å². The van der Waals surface area contributed by atoms with Crippen LogP contribution in [0.3, 0.4) is 0 Å². The second-order valence-electron chi connectivity index (χ2n) is 18.4. The van der Waals surface area contributed by atoms with Crippen LogP contribution in [0.15, 0.2) is 0 Å². The summed E-state index contributed by atoms with van der Waals surface area (Å²) in [4.78, 5) is 25.0. The van der Waals surface area contributed by atoms with Gasteiger partial charge in [-0.05, 0) is 158 Å². The first-order chi connectivity index (χ1) is 29.1. The lowest BCUT2D eigenvalue weighted by Crippen LogP contribution is -2.60. The Hall–Kier alpha value is -0.165. The van der Waals surface area contributed by atoms with Gasteiger partial charge in [-0.1, -0.05) is 0 Å². The third kappa shape index (κ3) is 30.0. The minimum Gasteiger partial charge on any atom is -0.436 e. The van der Waals surface area contributed by atoms with E-state index in [2.05, 4.69) is 99.8 Å². The smallest absolute Gasteiger partial charge is 0.436 e. The molecule has 63 heavy (non-hydrogen) atoms. The second-order valence-corrected chi connectivity index (χ2v) is 47.2. The molecule has 0 aromatic heterocycles. The molecule has 0 spiro atoms. The zero-order valence-corrected chi connectivity index (χ0v) is 51.0. The van der Waals surface area contributed by atoms with Crippen LogP contribution in [0.4, 0.5) is 9.59 Å². The Morgan fingerprint density at radius 3 is 0.762 bits per heavy atom. The van der Waals surface area contributed by atoms with E-state index in [1.807, 2.05) is 41.5 Å². The third-order valence-corrected chi connectivity index (χ3v) is 38.6. The first-order valence-electron chi connectivity index (χ1n) is 23.5. The molecular formula is C38H94N4O13Si8. The number of carbonyl (C=O) groups is 2. The Kier molecular flexibility index (Phi) is 30.3. The molecule has 0 radical (unpaired) electrons. The van der Waals surface area contributed by atoms with Crippen molar-refractivity contribution >= 4 is 80.5 Å². The Morgan fingerprint density at radius 1 is 0.333 bits per heavy atom. The summed E-state index contributed by atoms with van der Waals surface area (Å²) in [6.45, 7) is 42.5. The molecule has 0 atom stereocenters. The summed E-state index contributed by atoms with van der Waals surface area (Å²) in [5.74, 6) is 0. The molecule has 4 amide bonds. The lowest BCUT2D eigenvalue weighted by Gasteiger charge is -2.43. The normalized spacial score (nSPS) is 13.6. The van der Waals surface area contributed by atoms with Gasteiger partial charge < -0.3 is 68.4 Å². The minimum atomic E-state index is -2.72. The highest BCUT2D eigenvalue weighted by Crippen LogP contribution is 2.29. The first-order valence-corrected chi connectivity index (χ1v) is 44.8. The zero-order valence-electron chi connectivity index (χ0n) is 43.0. The monoisotopic (exact) mass is 1040 g/mol. The molecule has 25 heteroatoms. The number of carbonyl (C=O) groups excluding carboxylic acids is 2. The van der Waals surface area contributed by atoms with Gasteiger partial charge in [-0.25, -0.2) is 9.59 Å². The lowest BCUT2D eigenvalue weighted by atomic mass is 10.4. The zero-order chi connectivity index (χ0) is 48.5. The summed E-state index contributed by atoms with van der Waals surface area (Å²) in [5, 5.41) is 11.9. The van der Waals surface area contributed by atoms with Crippen molar-refractivity contribution < 1.29 is 56.7 Å². The van der Waals surface area contributed by atoms with Crippen molar-refractivity contribution in [1.29, 1.82) is 0 Å². The molecule has 0 aliphatic heterocycles. The number of nitrogens with one attached hydrogen (secondary N) is 4. The summed E-state index contributed by atoms with van der Waals surface area (Å²) in [6.07, 6.45) is 3.05. The van der Waals surface area contributed by atoms with Crippen LogP contribution in [0.2, 0.25) is 103 Å². The number of amides is 4. The highest BCUT2D eigenvalue weighted by molar-refractivity contribution is 6.91. The average molecular weight is 1040 g/mol. The molecule has 0 aromatic rings. The standard InChI is InChI=1S/C38H94N4O13Si8/c1-19-45-62(46-20-2,47-21-3)35-27-31-41-37(43)39-29-25-33-56(7,8)51-58(11,12)53-60(15,16)55-61(17,18)54-59(13,14)52-57(9,10)34-26-30-40-38(44)42-32-28-36-63(48-22-4,49-23-5)50-24-6/h19-36H2,1-18H3,(H2,39,41,43)(H2,40,42,44). The van der Waals surface area contributed by atoms with Crippen LogP contribution in [0.1, 0.15) is 67.2 Å². The number of urea groups is 2. The Bertz CT molecular complexity index is 1150. The van der Waals surface area contributed by atoms with Crippen molar-refractivity contribution in [2.75, 3.05) is 65.8 Å². The van der Waals surface area contributed by atoms with Crippen molar-refractivity contribution in [1.82, 2.24) is 21.3 Å². The van der Waals surface area contributed by atoms with Crippen molar-refractivity contribution in [2.45, 2.75) is 170 Å². The molecule has 0 saturated heterocycles. The molecule has 376 valence electrons. The van der Waals surface area contributed by atoms with E-state index in [9.17, 15) is 9.59 Å². The molecule has 4 N–H and O–H groups in total. The van der Waals surface area contributed by atoms with E-state index in [4.69, 9.17) is 47.1 Å². The summed E-state index contributed by atoms with van der Waals surface area (Å²) >= 11 is 0. The predicted octanol–water partition coefficient (Wildman–Crippen LogP) is 8.54. The van der Waals surface area contributed by atoms with Gasteiger partial charge in [-0.2, -0.15) is 0 Å². The lowest BCUT2D eigenvalue weighted by molar-refractivity contribution is 0.0700. The van der Waals surface area contributed by atoms with E-state index in [1.54, 1.807) is 0 Å². The van der Waals surface area contributed by atoms with E-state index in [0.717, 1.165) is 24.9 Å². The summed E-state index contributed by atoms with van der Waals surface area (Å²) in [7, 11) is -20.2.